The van der Waals surface area contributed by atoms with Crippen molar-refractivity contribution in [1.82, 2.24) is 4.57 Å². The number of oxazole rings is 1. The van der Waals surface area contributed by atoms with Gasteiger partial charge in [-0.05, 0) is 30.5 Å². The van der Waals surface area contributed by atoms with Gasteiger partial charge >= 0.3 is 5.76 Å². The lowest BCUT2D eigenvalue weighted by Crippen LogP contribution is -2.09. The van der Waals surface area contributed by atoms with Crippen molar-refractivity contribution in [2.45, 2.75) is 18.4 Å². The lowest BCUT2D eigenvalue weighted by Gasteiger charge is -2.07. The molecule has 1 aliphatic rings. The Kier molecular flexibility index (Phi) is 1.88. The molecule has 86 valence electrons. The van der Waals surface area contributed by atoms with Crippen molar-refractivity contribution in [2.24, 2.45) is 12.0 Å². The largest absolute Gasteiger partial charge is 0.419 e. The van der Waals surface area contributed by atoms with Gasteiger partial charge in [-0.25, -0.2) is 9.59 Å². The van der Waals surface area contributed by atoms with E-state index in [2.05, 4.69) is 4.99 Å². The molecule has 3 rings (SSSR count). The minimum absolute atomic E-state index is 0.388. The minimum atomic E-state index is -0.413. The highest BCUT2D eigenvalue weighted by molar-refractivity contribution is 5.74. The first-order valence-corrected chi connectivity index (χ1v) is 5.35. The fourth-order valence-corrected chi connectivity index (χ4v) is 2.09. The molecule has 0 saturated heterocycles. The van der Waals surface area contributed by atoms with Crippen LogP contribution in [0, 0.1) is 0 Å². The summed E-state index contributed by atoms with van der Waals surface area (Å²) in [6.07, 6.45) is 3.31. The van der Waals surface area contributed by atoms with Crippen LogP contribution in [0.5, 0.6) is 0 Å². The summed E-state index contributed by atoms with van der Waals surface area (Å²) in [6.45, 7) is 0. The van der Waals surface area contributed by atoms with Gasteiger partial charge in [-0.15, -0.1) is 0 Å². The van der Waals surface area contributed by atoms with Crippen molar-refractivity contribution >= 4 is 17.2 Å². The van der Waals surface area contributed by atoms with Crippen LogP contribution in [0.4, 0.5) is 0 Å². The zero-order chi connectivity index (χ0) is 12.0. The molecule has 1 aliphatic carbocycles. The predicted octanol–water partition coefficient (Wildman–Crippen LogP) is 1.46. The lowest BCUT2D eigenvalue weighted by atomic mass is 10.1. The molecule has 0 aliphatic heterocycles. The third-order valence-electron chi connectivity index (χ3n) is 3.31. The molecular weight excluding hydrogens is 220 g/mol. The topological polar surface area (TPSA) is 64.6 Å². The first-order valence-electron chi connectivity index (χ1n) is 5.35. The first kappa shape index (κ1) is 10.1. The molecule has 0 radical (unpaired) electrons. The van der Waals surface area contributed by atoms with Gasteiger partial charge in [0.25, 0.3) is 0 Å². The third-order valence-corrected chi connectivity index (χ3v) is 3.31. The van der Waals surface area contributed by atoms with Crippen molar-refractivity contribution in [3.05, 3.63) is 34.3 Å². The summed E-state index contributed by atoms with van der Waals surface area (Å²) in [6, 6.07) is 5.44. The second-order valence-electron chi connectivity index (χ2n) is 4.34. The van der Waals surface area contributed by atoms with Gasteiger partial charge in [0.05, 0.1) is 11.1 Å². The molecule has 1 aromatic heterocycles. The normalized spacial score (nSPS) is 16.8. The van der Waals surface area contributed by atoms with Crippen molar-refractivity contribution in [2.75, 3.05) is 0 Å². The second-order valence-corrected chi connectivity index (χ2v) is 4.34. The van der Waals surface area contributed by atoms with Crippen LogP contribution in [0.25, 0.3) is 11.1 Å². The van der Waals surface area contributed by atoms with E-state index >= 15 is 0 Å². The molecule has 1 heterocycles. The van der Waals surface area contributed by atoms with Gasteiger partial charge in [-0.2, -0.15) is 4.99 Å². The van der Waals surface area contributed by atoms with Gasteiger partial charge in [-0.3, -0.25) is 4.57 Å². The Morgan fingerprint density at radius 2 is 2.24 bits per heavy atom. The molecule has 0 bridgehead atoms. The van der Waals surface area contributed by atoms with Crippen LogP contribution in [-0.2, 0) is 17.4 Å². The summed E-state index contributed by atoms with van der Waals surface area (Å²) in [5.41, 5.74) is 1.79. The quantitative estimate of drug-likeness (QED) is 0.579. The molecule has 2 aromatic rings. The number of carbonyl (C=O) groups excluding carboxylic acids is 1. The lowest BCUT2D eigenvalue weighted by molar-refractivity contribution is 0.528. The summed E-state index contributed by atoms with van der Waals surface area (Å²) in [5, 5.41) is 0. The number of rotatable bonds is 2. The van der Waals surface area contributed by atoms with Gasteiger partial charge in [0, 0.05) is 7.05 Å². The van der Waals surface area contributed by atoms with Crippen LogP contribution in [0.1, 0.15) is 18.4 Å². The van der Waals surface area contributed by atoms with E-state index in [0.29, 0.717) is 5.58 Å². The number of hydrogen-bond donors (Lipinski definition) is 0. The maximum Gasteiger partial charge on any atom is 0.419 e. The van der Waals surface area contributed by atoms with Crippen LogP contribution in [0.15, 0.2) is 32.4 Å². The second kappa shape index (κ2) is 3.18. The zero-order valence-corrected chi connectivity index (χ0v) is 9.27. The van der Waals surface area contributed by atoms with Crippen molar-refractivity contribution < 1.29 is 9.21 Å². The molecule has 17 heavy (non-hydrogen) atoms. The highest BCUT2D eigenvalue weighted by Gasteiger charge is 2.45. The van der Waals surface area contributed by atoms with E-state index in [-0.39, 0.29) is 5.76 Å². The maximum absolute atomic E-state index is 11.4. The standard InChI is InChI=1S/C12H10N2O3/c1-14-9-6-8(12(4-5-12)13-7-15)2-3-10(9)17-11(14)16/h2-3,6H,4-5H2,1H3. The van der Waals surface area contributed by atoms with E-state index in [1.165, 1.54) is 4.57 Å². The summed E-state index contributed by atoms with van der Waals surface area (Å²) in [5.74, 6) is -0.388. The molecule has 1 aromatic carbocycles. The monoisotopic (exact) mass is 230 g/mol. The number of isocyanates is 1. The van der Waals surface area contributed by atoms with Crippen molar-refractivity contribution in [3.63, 3.8) is 0 Å². The van der Waals surface area contributed by atoms with E-state index in [4.69, 9.17) is 4.42 Å². The van der Waals surface area contributed by atoms with Crippen LogP contribution in [-0.4, -0.2) is 10.6 Å². The first-order chi connectivity index (χ1) is 8.16. The third kappa shape index (κ3) is 1.36. The fraction of sp³-hybridized carbons (Fsp3) is 0.333. The zero-order valence-electron chi connectivity index (χ0n) is 9.27. The Hall–Kier alpha value is -2.13. The number of nitrogens with zero attached hydrogens (tertiary/aromatic N) is 2. The smallest absolute Gasteiger partial charge is 0.408 e. The highest BCUT2D eigenvalue weighted by Crippen LogP contribution is 2.49. The summed E-state index contributed by atoms with van der Waals surface area (Å²) < 4.78 is 6.49. The molecule has 0 N–H and O–H groups in total. The van der Waals surface area contributed by atoms with E-state index in [1.54, 1.807) is 19.2 Å². The van der Waals surface area contributed by atoms with Crippen molar-refractivity contribution in [3.8, 4) is 0 Å². The van der Waals surface area contributed by atoms with E-state index in [0.717, 1.165) is 23.9 Å². The Labute approximate surface area is 96.4 Å². The van der Waals surface area contributed by atoms with E-state index in [9.17, 15) is 9.59 Å². The van der Waals surface area contributed by atoms with E-state index < -0.39 is 5.54 Å². The molecule has 5 nitrogen and oxygen atoms in total. The number of aromatic nitrogens is 1. The maximum atomic E-state index is 11.4. The Balaban J connectivity index is 2.23. The van der Waals surface area contributed by atoms with Crippen LogP contribution >= 0.6 is 0 Å². The minimum Gasteiger partial charge on any atom is -0.408 e. The van der Waals surface area contributed by atoms with Crippen LogP contribution in [0.3, 0.4) is 0 Å². The molecule has 0 unspecified atom stereocenters. The van der Waals surface area contributed by atoms with Gasteiger partial charge in [0.15, 0.2) is 5.58 Å². The number of fused-ring (bicyclic) bond motifs is 1. The number of hydrogen-bond acceptors (Lipinski definition) is 4. The molecule has 0 amide bonds. The number of benzene rings is 1. The summed E-state index contributed by atoms with van der Waals surface area (Å²) in [4.78, 5) is 25.6. The molecule has 1 saturated carbocycles. The predicted molar refractivity (Wildman–Crippen MR) is 60.5 cm³/mol. The molecule has 0 spiro atoms. The van der Waals surface area contributed by atoms with Gasteiger partial charge < -0.3 is 4.42 Å². The summed E-state index contributed by atoms with van der Waals surface area (Å²) in [7, 11) is 1.65. The summed E-state index contributed by atoms with van der Waals surface area (Å²) >= 11 is 0. The molecule has 0 atom stereocenters. The number of aliphatic imine (C=N–C) groups is 1. The average molecular weight is 230 g/mol. The number of aryl methyl sites for hydroxylation is 1. The van der Waals surface area contributed by atoms with Crippen LogP contribution < -0.4 is 5.76 Å². The SMILES string of the molecule is Cn1c(=O)oc2ccc(C3(N=C=O)CC3)cc21. The Morgan fingerprint density at radius 1 is 1.47 bits per heavy atom. The Bertz CT molecular complexity index is 700. The average Bonchev–Trinajstić information content (AvgIpc) is 3.04. The Morgan fingerprint density at radius 3 is 2.88 bits per heavy atom. The molecule has 5 heteroatoms. The molecule has 1 fully saturated rings. The fourth-order valence-electron chi connectivity index (χ4n) is 2.09. The molecular formula is C12H10N2O3. The van der Waals surface area contributed by atoms with Crippen molar-refractivity contribution in [1.29, 1.82) is 0 Å². The van der Waals surface area contributed by atoms with Gasteiger partial charge in [-0.1, -0.05) is 6.07 Å². The highest BCUT2D eigenvalue weighted by atomic mass is 16.4. The van der Waals surface area contributed by atoms with Gasteiger partial charge in [0.1, 0.15) is 0 Å². The van der Waals surface area contributed by atoms with E-state index in [1.807, 2.05) is 12.1 Å². The van der Waals surface area contributed by atoms with Gasteiger partial charge in [0.2, 0.25) is 6.08 Å². The van der Waals surface area contributed by atoms with Crippen LogP contribution in [0.2, 0.25) is 0 Å².